The molecule has 0 aliphatic carbocycles. The van der Waals surface area contributed by atoms with Gasteiger partial charge in [0.1, 0.15) is 34.7 Å². The quantitative estimate of drug-likeness (QED) is 0.448. The zero-order valence-corrected chi connectivity index (χ0v) is 17.3. The monoisotopic (exact) mass is 450 g/mol. The third-order valence-corrected chi connectivity index (χ3v) is 4.99. The minimum Gasteiger partial charge on any atom is -0.482 e. The van der Waals surface area contributed by atoms with Gasteiger partial charge in [0, 0.05) is 16.7 Å². The van der Waals surface area contributed by atoms with Crippen LogP contribution in [-0.2, 0) is 4.79 Å². The number of carbonyl (C=O) groups is 1. The lowest BCUT2D eigenvalue weighted by Gasteiger charge is -2.26. The van der Waals surface area contributed by atoms with Gasteiger partial charge in [0.2, 0.25) is 5.88 Å². The lowest BCUT2D eigenvalue weighted by atomic mass is 9.83. The normalized spacial score (nSPS) is 14.7. The number of ether oxygens (including phenoxy) is 3. The number of hydrogen-bond donors (Lipinski definition) is 1. The molecule has 2 N–H and O–H groups in total. The van der Waals surface area contributed by atoms with Crippen LogP contribution in [0.5, 0.6) is 17.2 Å². The molecule has 3 aromatic rings. The molecule has 0 saturated carbocycles. The number of hydrogen-bond acceptors (Lipinski definition) is 6. The van der Waals surface area contributed by atoms with Gasteiger partial charge in [-0.2, -0.15) is 5.26 Å². The SMILES string of the molecule is N#CC1=C(N)Oc2cc(OC(=O)COc3cccc(Cl)c3)ccc2C1c1cccc(F)c1. The average Bonchev–Trinajstić information content (AvgIpc) is 2.76. The van der Waals surface area contributed by atoms with Gasteiger partial charge in [0.25, 0.3) is 0 Å². The van der Waals surface area contributed by atoms with E-state index in [2.05, 4.69) is 0 Å². The number of rotatable bonds is 5. The fourth-order valence-electron chi connectivity index (χ4n) is 3.39. The molecular formula is C24H16ClFN2O4. The van der Waals surface area contributed by atoms with E-state index < -0.39 is 17.7 Å². The predicted molar refractivity (Wildman–Crippen MR) is 115 cm³/mol. The van der Waals surface area contributed by atoms with Gasteiger partial charge in [0.15, 0.2) is 6.61 Å². The summed E-state index contributed by atoms with van der Waals surface area (Å²) in [5.41, 5.74) is 7.26. The van der Waals surface area contributed by atoms with Gasteiger partial charge in [-0.25, -0.2) is 9.18 Å². The van der Waals surface area contributed by atoms with Gasteiger partial charge in [0.05, 0.1) is 5.92 Å². The minimum absolute atomic E-state index is 0.0953. The Kier molecular flexibility index (Phi) is 5.97. The number of carbonyl (C=O) groups excluding carboxylic acids is 1. The maximum absolute atomic E-state index is 13.8. The molecule has 1 aliphatic rings. The molecule has 4 rings (SSSR count). The molecule has 1 heterocycles. The molecular weight excluding hydrogens is 435 g/mol. The highest BCUT2D eigenvalue weighted by Crippen LogP contribution is 2.43. The Labute approximate surface area is 188 Å². The van der Waals surface area contributed by atoms with Gasteiger partial charge < -0.3 is 19.9 Å². The molecule has 1 atom stereocenters. The molecule has 0 bridgehead atoms. The topological polar surface area (TPSA) is 94.6 Å². The fraction of sp³-hybridized carbons (Fsp3) is 0.0833. The fourth-order valence-corrected chi connectivity index (χ4v) is 3.57. The van der Waals surface area contributed by atoms with Gasteiger partial charge in [-0.3, -0.25) is 0 Å². The van der Waals surface area contributed by atoms with E-state index in [0.717, 1.165) is 0 Å². The van der Waals surface area contributed by atoms with E-state index in [0.29, 0.717) is 27.6 Å². The lowest BCUT2D eigenvalue weighted by molar-refractivity contribution is -0.136. The number of esters is 1. The number of benzene rings is 3. The van der Waals surface area contributed by atoms with Crippen molar-refractivity contribution >= 4 is 17.6 Å². The van der Waals surface area contributed by atoms with Crippen molar-refractivity contribution in [2.75, 3.05) is 6.61 Å². The molecule has 0 fully saturated rings. The van der Waals surface area contributed by atoms with Crippen LogP contribution in [0.1, 0.15) is 17.0 Å². The van der Waals surface area contributed by atoms with Crippen LogP contribution in [0.2, 0.25) is 5.02 Å². The Bertz CT molecular complexity index is 1270. The summed E-state index contributed by atoms with van der Waals surface area (Å²) in [4.78, 5) is 12.2. The summed E-state index contributed by atoms with van der Waals surface area (Å²) >= 11 is 5.89. The summed E-state index contributed by atoms with van der Waals surface area (Å²) in [6, 6.07) is 19.3. The van der Waals surface area contributed by atoms with Crippen molar-refractivity contribution in [1.29, 1.82) is 5.26 Å². The molecule has 0 spiro atoms. The van der Waals surface area contributed by atoms with Gasteiger partial charge in [-0.05, 0) is 42.0 Å². The highest BCUT2D eigenvalue weighted by molar-refractivity contribution is 6.30. The summed E-state index contributed by atoms with van der Waals surface area (Å²) in [7, 11) is 0. The Hall–Kier alpha value is -4.02. The van der Waals surface area contributed by atoms with E-state index in [9.17, 15) is 14.4 Å². The largest absolute Gasteiger partial charge is 0.482 e. The van der Waals surface area contributed by atoms with Gasteiger partial charge in [-0.15, -0.1) is 0 Å². The highest BCUT2D eigenvalue weighted by Gasteiger charge is 2.31. The second-order valence-corrected chi connectivity index (χ2v) is 7.34. The zero-order chi connectivity index (χ0) is 22.7. The Balaban J connectivity index is 1.55. The summed E-state index contributed by atoms with van der Waals surface area (Å²) in [6.07, 6.45) is 0. The maximum atomic E-state index is 13.8. The van der Waals surface area contributed by atoms with Crippen LogP contribution in [0.4, 0.5) is 4.39 Å². The van der Waals surface area contributed by atoms with E-state index in [1.54, 1.807) is 48.5 Å². The van der Waals surface area contributed by atoms with E-state index in [1.165, 1.54) is 18.2 Å². The number of halogens is 2. The number of fused-ring (bicyclic) bond motifs is 1. The molecule has 0 amide bonds. The lowest BCUT2D eigenvalue weighted by Crippen LogP contribution is -2.21. The third kappa shape index (κ3) is 4.51. The van der Waals surface area contributed by atoms with Crippen molar-refractivity contribution in [3.63, 3.8) is 0 Å². The van der Waals surface area contributed by atoms with Crippen LogP contribution in [0, 0.1) is 17.1 Å². The number of nitrogens with zero attached hydrogens (tertiary/aromatic N) is 1. The van der Waals surface area contributed by atoms with Crippen molar-refractivity contribution in [2.45, 2.75) is 5.92 Å². The van der Waals surface area contributed by atoms with E-state index in [4.69, 9.17) is 31.5 Å². The van der Waals surface area contributed by atoms with Crippen molar-refractivity contribution in [2.24, 2.45) is 5.73 Å². The Morgan fingerprint density at radius 1 is 1.12 bits per heavy atom. The first-order valence-electron chi connectivity index (χ1n) is 9.50. The van der Waals surface area contributed by atoms with Gasteiger partial charge >= 0.3 is 5.97 Å². The third-order valence-electron chi connectivity index (χ3n) is 4.76. The van der Waals surface area contributed by atoms with Crippen molar-refractivity contribution < 1.29 is 23.4 Å². The van der Waals surface area contributed by atoms with Crippen LogP contribution >= 0.6 is 11.6 Å². The summed E-state index contributed by atoms with van der Waals surface area (Å²) in [5, 5.41) is 10.1. The molecule has 32 heavy (non-hydrogen) atoms. The van der Waals surface area contributed by atoms with Crippen molar-refractivity contribution in [3.8, 4) is 23.3 Å². The number of nitrogens with two attached hydrogens (primary N) is 1. The van der Waals surface area contributed by atoms with Crippen LogP contribution in [0.15, 0.2) is 78.2 Å². The van der Waals surface area contributed by atoms with Crippen LogP contribution < -0.4 is 19.9 Å². The summed E-state index contributed by atoms with van der Waals surface area (Å²) in [6.45, 7) is -0.329. The molecule has 8 heteroatoms. The molecule has 3 aromatic carbocycles. The first-order valence-corrected chi connectivity index (χ1v) is 9.88. The van der Waals surface area contributed by atoms with Crippen LogP contribution in [-0.4, -0.2) is 12.6 Å². The van der Waals surface area contributed by atoms with Crippen LogP contribution in [0.25, 0.3) is 0 Å². The molecule has 1 aliphatic heterocycles. The Morgan fingerprint density at radius 2 is 1.94 bits per heavy atom. The molecule has 0 radical (unpaired) electrons. The van der Waals surface area contributed by atoms with Crippen molar-refractivity contribution in [1.82, 2.24) is 0 Å². The molecule has 1 unspecified atom stereocenters. The second-order valence-electron chi connectivity index (χ2n) is 6.90. The molecule has 0 saturated heterocycles. The smallest absolute Gasteiger partial charge is 0.349 e. The highest BCUT2D eigenvalue weighted by atomic mass is 35.5. The first kappa shape index (κ1) is 21.2. The standard InChI is InChI=1S/C24H16ClFN2O4/c25-15-4-2-6-17(10-15)30-13-22(29)31-18-7-8-19-21(11-18)32-24(28)20(12-27)23(19)14-3-1-5-16(26)9-14/h1-11,23H,13,28H2. The minimum atomic E-state index is -0.636. The summed E-state index contributed by atoms with van der Waals surface area (Å²) in [5.74, 6) is -0.841. The maximum Gasteiger partial charge on any atom is 0.349 e. The van der Waals surface area contributed by atoms with E-state index in [1.807, 2.05) is 6.07 Å². The number of allylic oxidation sites excluding steroid dienone is 1. The average molecular weight is 451 g/mol. The van der Waals surface area contributed by atoms with Crippen LogP contribution in [0.3, 0.4) is 0 Å². The van der Waals surface area contributed by atoms with Gasteiger partial charge in [-0.1, -0.05) is 35.9 Å². The van der Waals surface area contributed by atoms with E-state index >= 15 is 0 Å². The molecule has 6 nitrogen and oxygen atoms in total. The van der Waals surface area contributed by atoms with Crippen molar-refractivity contribution in [3.05, 3.63) is 100 Å². The molecule has 160 valence electrons. The number of nitriles is 1. The van der Waals surface area contributed by atoms with E-state index in [-0.39, 0.29) is 23.8 Å². The molecule has 0 aromatic heterocycles. The first-order chi connectivity index (χ1) is 15.4. The Morgan fingerprint density at radius 3 is 2.69 bits per heavy atom. The summed E-state index contributed by atoms with van der Waals surface area (Å²) < 4.78 is 30.1. The second kappa shape index (κ2) is 9.00. The predicted octanol–water partition coefficient (Wildman–Crippen LogP) is 4.68. The zero-order valence-electron chi connectivity index (χ0n) is 16.5.